The number of hydrogen-bond acceptors (Lipinski definition) is 3. The maximum atomic E-state index is 12.5. The summed E-state index contributed by atoms with van der Waals surface area (Å²) < 4.78 is 0. The Morgan fingerprint density at radius 1 is 0.410 bits per heavy atom. The molecule has 4 heteroatoms. The fourth-order valence-corrected chi connectivity index (χ4v) is 7.95. The summed E-state index contributed by atoms with van der Waals surface area (Å²) in [5.74, 6) is -0.0316. The van der Waals surface area contributed by atoms with Gasteiger partial charge in [-0.2, -0.15) is 0 Å². The van der Waals surface area contributed by atoms with E-state index in [0.29, 0.717) is 12.8 Å². The molecular weight excluding hydrogens is 747 g/mol. The number of carbonyl (C=O) groups excluding carboxylic acids is 1. The van der Waals surface area contributed by atoms with Crippen molar-refractivity contribution in [2.24, 2.45) is 0 Å². The van der Waals surface area contributed by atoms with Gasteiger partial charge in [-0.15, -0.1) is 0 Å². The lowest BCUT2D eigenvalue weighted by molar-refractivity contribution is -0.123. The van der Waals surface area contributed by atoms with Gasteiger partial charge in [-0.25, -0.2) is 0 Å². The van der Waals surface area contributed by atoms with Crippen LogP contribution in [0, 0.1) is 0 Å². The summed E-state index contributed by atoms with van der Waals surface area (Å²) in [5, 5.41) is 23.2. The molecule has 3 N–H and O–H groups in total. The lowest BCUT2D eigenvalue weighted by Gasteiger charge is -2.22. The van der Waals surface area contributed by atoms with Crippen LogP contribution in [0.1, 0.15) is 264 Å². The number of unbranched alkanes of at least 4 members (excludes halogenated alkanes) is 29. The molecule has 0 aromatic rings. The average molecular weight is 850 g/mol. The number of rotatable bonds is 48. The molecule has 0 spiro atoms. The van der Waals surface area contributed by atoms with Crippen LogP contribution < -0.4 is 5.32 Å². The van der Waals surface area contributed by atoms with E-state index in [9.17, 15) is 15.0 Å². The standard InChI is InChI=1S/C57H103NO3/c1-3-5-7-9-11-13-15-17-19-20-21-22-23-24-25-26-27-28-29-30-31-32-33-34-35-36-37-38-39-41-43-45-47-49-51-53-57(61)58-55(54-59)56(60)52-50-48-46-44-42-40-18-16-14-12-10-8-6-4-2/h5,7,11,13,17,19,21-22,24-25,27-28,55-56,59-60H,3-4,6,8-10,12,14-16,18,20,23,26,29-54H2,1-2H3,(H,58,61)/b7-5-,13-11-,19-17-,22-21-,25-24-,28-27-. The first-order chi connectivity index (χ1) is 30.2. The van der Waals surface area contributed by atoms with Crippen molar-refractivity contribution in [3.05, 3.63) is 72.9 Å². The largest absolute Gasteiger partial charge is 0.394 e. The van der Waals surface area contributed by atoms with Crippen molar-refractivity contribution in [3.63, 3.8) is 0 Å². The first-order valence-corrected chi connectivity index (χ1v) is 26.6. The summed E-state index contributed by atoms with van der Waals surface area (Å²) in [5.41, 5.74) is 0. The lowest BCUT2D eigenvalue weighted by Crippen LogP contribution is -2.45. The van der Waals surface area contributed by atoms with Crippen molar-refractivity contribution in [1.29, 1.82) is 0 Å². The van der Waals surface area contributed by atoms with Crippen LogP contribution in [-0.2, 0) is 4.79 Å². The van der Waals surface area contributed by atoms with E-state index in [-0.39, 0.29) is 12.5 Å². The lowest BCUT2D eigenvalue weighted by atomic mass is 10.0. The number of aliphatic hydroxyl groups is 2. The molecule has 61 heavy (non-hydrogen) atoms. The van der Waals surface area contributed by atoms with Crippen molar-refractivity contribution in [1.82, 2.24) is 5.32 Å². The van der Waals surface area contributed by atoms with Gasteiger partial charge in [-0.3, -0.25) is 4.79 Å². The van der Waals surface area contributed by atoms with Crippen LogP contribution in [0.4, 0.5) is 0 Å². The summed E-state index contributed by atoms with van der Waals surface area (Å²) in [6, 6.07) is -0.537. The van der Waals surface area contributed by atoms with Gasteiger partial charge in [0.05, 0.1) is 18.8 Å². The maximum absolute atomic E-state index is 12.5. The molecule has 354 valence electrons. The average Bonchev–Trinajstić information content (AvgIpc) is 3.26. The van der Waals surface area contributed by atoms with Gasteiger partial charge in [0.2, 0.25) is 5.91 Å². The molecule has 0 radical (unpaired) electrons. The molecule has 0 aromatic carbocycles. The van der Waals surface area contributed by atoms with E-state index in [1.54, 1.807) is 0 Å². The van der Waals surface area contributed by atoms with Crippen LogP contribution in [0.15, 0.2) is 72.9 Å². The van der Waals surface area contributed by atoms with Gasteiger partial charge in [-0.1, -0.05) is 267 Å². The van der Waals surface area contributed by atoms with Gasteiger partial charge in [0.15, 0.2) is 0 Å². The zero-order valence-corrected chi connectivity index (χ0v) is 40.7. The molecule has 2 atom stereocenters. The molecule has 0 saturated heterocycles. The molecule has 2 unspecified atom stereocenters. The first kappa shape index (κ1) is 58.8. The zero-order chi connectivity index (χ0) is 44.2. The van der Waals surface area contributed by atoms with Crippen molar-refractivity contribution in [3.8, 4) is 0 Å². The molecule has 4 nitrogen and oxygen atoms in total. The number of nitrogens with one attached hydrogen (secondary N) is 1. The molecule has 0 bridgehead atoms. The van der Waals surface area contributed by atoms with E-state index in [4.69, 9.17) is 0 Å². The number of aliphatic hydroxyl groups excluding tert-OH is 2. The molecule has 0 aromatic heterocycles. The summed E-state index contributed by atoms with van der Waals surface area (Å²) in [7, 11) is 0. The third-order valence-electron chi connectivity index (χ3n) is 12.0. The van der Waals surface area contributed by atoms with Crippen molar-refractivity contribution in [2.45, 2.75) is 276 Å². The minimum Gasteiger partial charge on any atom is -0.394 e. The highest BCUT2D eigenvalue weighted by atomic mass is 16.3. The highest BCUT2D eigenvalue weighted by molar-refractivity contribution is 5.76. The minimum atomic E-state index is -0.660. The highest BCUT2D eigenvalue weighted by Crippen LogP contribution is 2.17. The third kappa shape index (κ3) is 48.7. The first-order valence-electron chi connectivity index (χ1n) is 26.6. The second-order valence-corrected chi connectivity index (χ2v) is 17.9. The Labute approximate surface area is 380 Å². The molecule has 0 heterocycles. The Balaban J connectivity index is 3.47. The Kier molecular flexibility index (Phi) is 50.3. The summed E-state index contributed by atoms with van der Waals surface area (Å²) in [6.07, 6.45) is 74.5. The third-order valence-corrected chi connectivity index (χ3v) is 12.0. The molecule has 0 saturated carbocycles. The predicted molar refractivity (Wildman–Crippen MR) is 271 cm³/mol. The predicted octanol–water partition coefficient (Wildman–Crippen LogP) is 17.4. The van der Waals surface area contributed by atoms with Gasteiger partial charge in [-0.05, 0) is 64.2 Å². The van der Waals surface area contributed by atoms with Crippen LogP contribution in [0.3, 0.4) is 0 Å². The van der Waals surface area contributed by atoms with Gasteiger partial charge in [0.1, 0.15) is 0 Å². The van der Waals surface area contributed by atoms with E-state index in [1.165, 1.54) is 173 Å². The summed E-state index contributed by atoms with van der Waals surface area (Å²) in [4.78, 5) is 12.5. The van der Waals surface area contributed by atoms with Gasteiger partial charge < -0.3 is 15.5 Å². The normalized spacial score (nSPS) is 13.4. The van der Waals surface area contributed by atoms with Gasteiger partial charge >= 0.3 is 0 Å². The minimum absolute atomic E-state index is 0.0316. The molecule has 1 amide bonds. The summed E-state index contributed by atoms with van der Waals surface area (Å²) >= 11 is 0. The van der Waals surface area contributed by atoms with E-state index < -0.39 is 12.1 Å². The number of amides is 1. The molecule has 0 aliphatic heterocycles. The van der Waals surface area contributed by atoms with Crippen LogP contribution in [0.5, 0.6) is 0 Å². The van der Waals surface area contributed by atoms with Crippen molar-refractivity contribution in [2.75, 3.05) is 6.61 Å². The Hall–Kier alpha value is -2.17. The zero-order valence-electron chi connectivity index (χ0n) is 40.7. The quantitative estimate of drug-likeness (QED) is 0.0422. The van der Waals surface area contributed by atoms with Gasteiger partial charge in [0.25, 0.3) is 0 Å². The van der Waals surface area contributed by atoms with E-state index in [0.717, 1.165) is 64.2 Å². The topological polar surface area (TPSA) is 69.6 Å². The second kappa shape index (κ2) is 52.2. The molecular formula is C57H103NO3. The summed E-state index contributed by atoms with van der Waals surface area (Å²) in [6.45, 7) is 4.25. The SMILES string of the molecule is CC/C=C\C/C=C\C/C=C\C/C=C\C/C=C\C/C=C\CCCCCCCCCCCCCCCCCCC(=O)NC(CO)C(O)CCCCCCCCCCCCCCCC. The van der Waals surface area contributed by atoms with Crippen LogP contribution >= 0.6 is 0 Å². The molecule has 0 fully saturated rings. The molecule has 0 aliphatic carbocycles. The van der Waals surface area contributed by atoms with E-state index >= 15 is 0 Å². The number of allylic oxidation sites excluding steroid dienone is 12. The smallest absolute Gasteiger partial charge is 0.220 e. The fourth-order valence-electron chi connectivity index (χ4n) is 7.95. The number of carbonyl (C=O) groups is 1. The van der Waals surface area contributed by atoms with Crippen LogP contribution in [0.25, 0.3) is 0 Å². The highest BCUT2D eigenvalue weighted by Gasteiger charge is 2.20. The number of hydrogen-bond donors (Lipinski definition) is 3. The monoisotopic (exact) mass is 850 g/mol. The second-order valence-electron chi connectivity index (χ2n) is 17.9. The van der Waals surface area contributed by atoms with Crippen LogP contribution in [0.2, 0.25) is 0 Å². The Morgan fingerprint density at radius 2 is 0.721 bits per heavy atom. The molecule has 0 rings (SSSR count). The fraction of sp³-hybridized carbons (Fsp3) is 0.772. The Bertz CT molecular complexity index is 1050. The Morgan fingerprint density at radius 3 is 1.08 bits per heavy atom. The van der Waals surface area contributed by atoms with E-state index in [1.807, 2.05) is 0 Å². The van der Waals surface area contributed by atoms with E-state index in [2.05, 4.69) is 92.1 Å². The van der Waals surface area contributed by atoms with Crippen molar-refractivity contribution >= 4 is 5.91 Å². The van der Waals surface area contributed by atoms with Gasteiger partial charge in [0, 0.05) is 6.42 Å². The van der Waals surface area contributed by atoms with Crippen molar-refractivity contribution < 1.29 is 15.0 Å². The van der Waals surface area contributed by atoms with Crippen LogP contribution in [-0.4, -0.2) is 34.9 Å². The maximum Gasteiger partial charge on any atom is 0.220 e. The molecule has 0 aliphatic rings.